The molecule has 0 aliphatic carbocycles. The molecule has 0 saturated heterocycles. The van der Waals surface area contributed by atoms with E-state index < -0.39 is 0 Å². The maximum Gasteiger partial charge on any atom is 0.150 e. The first-order chi connectivity index (χ1) is 8.78. The predicted molar refractivity (Wildman–Crippen MR) is 71.0 cm³/mol. The standard InChI is InChI=1S/C14H9ClN2O/c15-12-3-1-2-11(7-12)14-16-8-13-6-10(9-18)4-5-17(13)14/h1-9H. The number of aromatic nitrogens is 2. The molecule has 0 amide bonds. The van der Waals surface area contributed by atoms with Crippen molar-refractivity contribution in [2.45, 2.75) is 0 Å². The number of fused-ring (bicyclic) bond motifs is 1. The Kier molecular flexibility index (Phi) is 2.61. The van der Waals surface area contributed by atoms with Gasteiger partial charge in [-0.1, -0.05) is 23.7 Å². The second-order valence-electron chi connectivity index (χ2n) is 3.96. The molecule has 0 atom stereocenters. The Bertz CT molecular complexity index is 733. The fourth-order valence-corrected chi connectivity index (χ4v) is 2.12. The number of aldehydes is 1. The van der Waals surface area contributed by atoms with E-state index in [1.165, 1.54) is 0 Å². The van der Waals surface area contributed by atoms with Gasteiger partial charge < -0.3 is 0 Å². The average Bonchev–Trinajstić information content (AvgIpc) is 2.81. The lowest BCUT2D eigenvalue weighted by molar-refractivity contribution is 0.112. The van der Waals surface area contributed by atoms with Crippen LogP contribution in [0.4, 0.5) is 0 Å². The second-order valence-corrected chi connectivity index (χ2v) is 4.40. The lowest BCUT2D eigenvalue weighted by Gasteiger charge is -2.02. The van der Waals surface area contributed by atoms with Gasteiger partial charge in [0, 0.05) is 22.3 Å². The van der Waals surface area contributed by atoms with E-state index >= 15 is 0 Å². The molecule has 0 N–H and O–H groups in total. The van der Waals surface area contributed by atoms with Crippen molar-refractivity contribution in [1.82, 2.24) is 9.38 Å². The van der Waals surface area contributed by atoms with Gasteiger partial charge in [-0.25, -0.2) is 4.98 Å². The Hall–Kier alpha value is -2.13. The first-order valence-corrected chi connectivity index (χ1v) is 5.84. The molecule has 3 rings (SSSR count). The third-order valence-electron chi connectivity index (χ3n) is 2.77. The van der Waals surface area contributed by atoms with Crippen LogP contribution < -0.4 is 0 Å². The van der Waals surface area contributed by atoms with E-state index in [2.05, 4.69) is 4.98 Å². The zero-order valence-electron chi connectivity index (χ0n) is 9.38. The van der Waals surface area contributed by atoms with Gasteiger partial charge in [0.25, 0.3) is 0 Å². The van der Waals surface area contributed by atoms with Crippen molar-refractivity contribution in [1.29, 1.82) is 0 Å². The number of carbonyl (C=O) groups excluding carboxylic acids is 1. The van der Waals surface area contributed by atoms with Gasteiger partial charge in [-0.15, -0.1) is 0 Å². The predicted octanol–water partition coefficient (Wildman–Crippen LogP) is 3.47. The molecular weight excluding hydrogens is 248 g/mol. The van der Waals surface area contributed by atoms with Gasteiger partial charge in [0.15, 0.2) is 0 Å². The molecule has 0 aliphatic heterocycles. The van der Waals surface area contributed by atoms with Gasteiger partial charge in [0.1, 0.15) is 12.1 Å². The molecule has 0 aliphatic rings. The molecule has 2 heterocycles. The van der Waals surface area contributed by atoms with Crippen LogP contribution in [0.15, 0.2) is 48.8 Å². The lowest BCUT2D eigenvalue weighted by Crippen LogP contribution is -1.90. The largest absolute Gasteiger partial charge is 0.300 e. The maximum atomic E-state index is 10.7. The summed E-state index contributed by atoms with van der Waals surface area (Å²) in [6, 6.07) is 11.1. The van der Waals surface area contributed by atoms with Gasteiger partial charge in [0.05, 0.1) is 11.7 Å². The molecule has 4 heteroatoms. The van der Waals surface area contributed by atoms with Gasteiger partial charge in [0.2, 0.25) is 0 Å². The summed E-state index contributed by atoms with van der Waals surface area (Å²) in [5, 5.41) is 0.675. The quantitative estimate of drug-likeness (QED) is 0.658. The van der Waals surface area contributed by atoms with Crippen molar-refractivity contribution >= 4 is 23.4 Å². The molecule has 0 fully saturated rings. The molecule has 0 unspecified atom stereocenters. The monoisotopic (exact) mass is 256 g/mol. The highest BCUT2D eigenvalue weighted by Crippen LogP contribution is 2.22. The highest BCUT2D eigenvalue weighted by molar-refractivity contribution is 6.30. The number of benzene rings is 1. The number of hydrogen-bond acceptors (Lipinski definition) is 2. The van der Waals surface area contributed by atoms with Gasteiger partial charge in [-0.05, 0) is 24.3 Å². The number of imidazole rings is 1. The van der Waals surface area contributed by atoms with Crippen LogP contribution in [-0.4, -0.2) is 15.7 Å². The fraction of sp³-hybridized carbons (Fsp3) is 0. The van der Waals surface area contributed by atoms with Crippen LogP contribution in [0.2, 0.25) is 5.02 Å². The van der Waals surface area contributed by atoms with E-state index in [0.717, 1.165) is 23.2 Å². The summed E-state index contributed by atoms with van der Waals surface area (Å²) in [6.45, 7) is 0. The Morgan fingerprint density at radius 1 is 1.22 bits per heavy atom. The van der Waals surface area contributed by atoms with Crippen molar-refractivity contribution in [3.8, 4) is 11.4 Å². The average molecular weight is 257 g/mol. The van der Waals surface area contributed by atoms with Gasteiger partial charge >= 0.3 is 0 Å². The van der Waals surface area contributed by atoms with E-state index in [9.17, 15) is 4.79 Å². The number of carbonyl (C=O) groups is 1. The van der Waals surface area contributed by atoms with Crippen LogP contribution in [0.5, 0.6) is 0 Å². The minimum atomic E-state index is 0.639. The van der Waals surface area contributed by atoms with Crippen molar-refractivity contribution in [2.75, 3.05) is 0 Å². The van der Waals surface area contributed by atoms with E-state index in [1.54, 1.807) is 18.3 Å². The first-order valence-electron chi connectivity index (χ1n) is 5.46. The molecule has 0 bridgehead atoms. The third-order valence-corrected chi connectivity index (χ3v) is 3.01. The number of halogens is 1. The molecule has 3 nitrogen and oxygen atoms in total. The highest BCUT2D eigenvalue weighted by atomic mass is 35.5. The molecule has 3 aromatic rings. The zero-order valence-corrected chi connectivity index (χ0v) is 10.1. The molecule has 0 saturated carbocycles. The van der Waals surface area contributed by atoms with Crippen molar-refractivity contribution in [3.05, 3.63) is 59.4 Å². The van der Waals surface area contributed by atoms with Crippen LogP contribution in [0.1, 0.15) is 10.4 Å². The minimum Gasteiger partial charge on any atom is -0.300 e. The van der Waals surface area contributed by atoms with E-state index in [4.69, 9.17) is 11.6 Å². The second kappa shape index (κ2) is 4.27. The summed E-state index contributed by atoms with van der Waals surface area (Å²) in [5.74, 6) is 0.810. The van der Waals surface area contributed by atoms with Crippen LogP contribution in [-0.2, 0) is 0 Å². The Labute approximate surface area is 109 Å². The minimum absolute atomic E-state index is 0.639. The highest BCUT2D eigenvalue weighted by Gasteiger charge is 2.06. The van der Waals surface area contributed by atoms with Crippen LogP contribution >= 0.6 is 11.6 Å². The summed E-state index contributed by atoms with van der Waals surface area (Å²) < 4.78 is 1.93. The van der Waals surface area contributed by atoms with Gasteiger partial charge in [-0.2, -0.15) is 0 Å². The molecule has 0 spiro atoms. The van der Waals surface area contributed by atoms with Crippen LogP contribution in [0, 0.1) is 0 Å². The molecule has 18 heavy (non-hydrogen) atoms. The molecule has 1 aromatic carbocycles. The van der Waals surface area contributed by atoms with Gasteiger partial charge in [-0.3, -0.25) is 9.20 Å². The number of pyridine rings is 1. The lowest BCUT2D eigenvalue weighted by atomic mass is 10.2. The molecular formula is C14H9ClN2O. The zero-order chi connectivity index (χ0) is 12.5. The Balaban J connectivity index is 2.21. The Morgan fingerprint density at radius 3 is 2.89 bits per heavy atom. The number of nitrogens with zero attached hydrogens (tertiary/aromatic N) is 2. The smallest absolute Gasteiger partial charge is 0.150 e. The van der Waals surface area contributed by atoms with E-state index in [0.29, 0.717) is 10.6 Å². The van der Waals surface area contributed by atoms with Crippen LogP contribution in [0.25, 0.3) is 16.9 Å². The topological polar surface area (TPSA) is 34.4 Å². The fourth-order valence-electron chi connectivity index (χ4n) is 1.93. The van der Waals surface area contributed by atoms with E-state index in [1.807, 2.05) is 34.9 Å². The Morgan fingerprint density at radius 2 is 2.11 bits per heavy atom. The normalized spacial score (nSPS) is 10.7. The van der Waals surface area contributed by atoms with Crippen molar-refractivity contribution in [3.63, 3.8) is 0 Å². The van der Waals surface area contributed by atoms with E-state index in [-0.39, 0.29) is 0 Å². The molecule has 2 aromatic heterocycles. The number of hydrogen-bond donors (Lipinski definition) is 0. The molecule has 0 radical (unpaired) electrons. The van der Waals surface area contributed by atoms with Crippen LogP contribution in [0.3, 0.4) is 0 Å². The van der Waals surface area contributed by atoms with Crippen molar-refractivity contribution < 1.29 is 4.79 Å². The van der Waals surface area contributed by atoms with Crippen molar-refractivity contribution in [2.24, 2.45) is 0 Å². The summed E-state index contributed by atoms with van der Waals surface area (Å²) in [6.07, 6.45) is 4.40. The summed E-state index contributed by atoms with van der Waals surface area (Å²) in [7, 11) is 0. The summed E-state index contributed by atoms with van der Waals surface area (Å²) in [4.78, 5) is 15.1. The third kappa shape index (κ3) is 1.79. The summed E-state index contributed by atoms with van der Waals surface area (Å²) in [5.41, 5.74) is 2.47. The summed E-state index contributed by atoms with van der Waals surface area (Å²) >= 11 is 5.98. The first kappa shape index (κ1) is 11.0. The number of rotatable bonds is 2. The maximum absolute atomic E-state index is 10.7. The molecule has 88 valence electrons. The SMILES string of the molecule is O=Cc1ccn2c(-c3cccc(Cl)c3)ncc2c1.